The van der Waals surface area contributed by atoms with Gasteiger partial charge >= 0.3 is 0 Å². The molecule has 0 radical (unpaired) electrons. The molecule has 0 aliphatic heterocycles. The van der Waals surface area contributed by atoms with E-state index in [1.54, 1.807) is 38.5 Å². The van der Waals surface area contributed by atoms with E-state index >= 15 is 0 Å². The molecule has 1 unspecified atom stereocenters. The van der Waals surface area contributed by atoms with Crippen molar-refractivity contribution in [3.8, 4) is 11.5 Å². The summed E-state index contributed by atoms with van der Waals surface area (Å²) in [5, 5.41) is 1.49. The molecule has 0 aliphatic carbocycles. The van der Waals surface area contributed by atoms with Gasteiger partial charge in [0, 0.05) is 16.3 Å². The summed E-state index contributed by atoms with van der Waals surface area (Å²) in [6, 6.07) is 17.1. The molecular weight excluding hydrogens is 769 g/mol. The SMILES string of the molecule is CC.COc1c(C)c(C/C=C(\C)CC/C=C(\C)CC(/C=C(\C)CC/C=C(\C)CC/C=C(\C)CC/C=C(\C)CCC=C(C)C)S(=O)(=O)c2ccccc2)c(OC)c2ccccc12. The maximum Gasteiger partial charge on any atom is 0.185 e. The Kier molecular flexibility index (Phi) is 24.5. The van der Waals surface area contributed by atoms with Crippen molar-refractivity contribution in [1.29, 1.82) is 0 Å². The number of hydrogen-bond donors (Lipinski definition) is 0. The maximum absolute atomic E-state index is 14.0. The number of methoxy groups -OCH3 is 2. The molecule has 334 valence electrons. The molecule has 3 aromatic rings. The minimum atomic E-state index is -3.56. The number of sulfone groups is 1. The van der Waals surface area contributed by atoms with Crippen LogP contribution in [0.25, 0.3) is 10.8 Å². The van der Waals surface area contributed by atoms with Gasteiger partial charge in [0.1, 0.15) is 11.5 Å². The lowest BCUT2D eigenvalue weighted by molar-refractivity contribution is 0.404. The second kappa shape index (κ2) is 28.3. The van der Waals surface area contributed by atoms with Gasteiger partial charge in [-0.15, -0.1) is 0 Å². The molecule has 0 amide bonds. The van der Waals surface area contributed by atoms with Gasteiger partial charge in [0.25, 0.3) is 0 Å². The topological polar surface area (TPSA) is 52.6 Å². The smallest absolute Gasteiger partial charge is 0.185 e. The van der Waals surface area contributed by atoms with Gasteiger partial charge in [-0.3, -0.25) is 0 Å². The van der Waals surface area contributed by atoms with Crippen molar-refractivity contribution in [1.82, 2.24) is 0 Å². The Morgan fingerprint density at radius 1 is 0.541 bits per heavy atom. The molecule has 0 fully saturated rings. The highest BCUT2D eigenvalue weighted by molar-refractivity contribution is 7.92. The largest absolute Gasteiger partial charge is 0.496 e. The Balaban J connectivity index is 0.00000631. The fraction of sp³-hybridized carbons (Fsp3) is 0.464. The number of hydrogen-bond acceptors (Lipinski definition) is 4. The summed E-state index contributed by atoms with van der Waals surface area (Å²) in [6.45, 7) is 23.5. The number of rotatable bonds is 24. The zero-order valence-corrected chi connectivity index (χ0v) is 41.2. The normalized spacial score (nSPS) is 13.8. The van der Waals surface area contributed by atoms with Crippen LogP contribution in [-0.2, 0) is 16.3 Å². The van der Waals surface area contributed by atoms with Crippen LogP contribution in [0.4, 0.5) is 0 Å². The van der Waals surface area contributed by atoms with Crippen LogP contribution in [0.2, 0.25) is 0 Å². The molecule has 0 spiro atoms. The van der Waals surface area contributed by atoms with Gasteiger partial charge in [-0.2, -0.15) is 0 Å². The van der Waals surface area contributed by atoms with Crippen molar-refractivity contribution < 1.29 is 17.9 Å². The summed E-state index contributed by atoms with van der Waals surface area (Å²) < 4.78 is 39.8. The number of allylic oxidation sites excluding steroid dienone is 13. The van der Waals surface area contributed by atoms with Crippen LogP contribution < -0.4 is 9.47 Å². The number of fused-ring (bicyclic) bond motifs is 1. The first-order valence-electron chi connectivity index (χ1n) is 22.7. The van der Waals surface area contributed by atoms with Crippen molar-refractivity contribution in [3.05, 3.63) is 147 Å². The van der Waals surface area contributed by atoms with E-state index in [9.17, 15) is 8.42 Å². The first kappa shape index (κ1) is 52.8. The molecule has 0 heterocycles. The standard InChI is InChI=1S/C54H74O4S.C2H6/c1-40(2)22-17-23-41(3)24-18-25-42(4)26-19-27-43(5)28-20-30-45(7)38-49(59(55,56)48-32-13-12-14-33-48)39-46(8)31-21-29-44(6)36-37-50-47(9)53(57-10)51-34-15-16-35-52(51)54(50)58-11;1-2/h12-16,22,24,26,28,31-36,38,49H,17-21,23,25,27,29-30,37,39H2,1-11H3;1-2H3/b41-24+,42-26+,43-28+,44-36+,45-38+,46-31+;. The third-order valence-electron chi connectivity index (χ3n) is 11.2. The van der Waals surface area contributed by atoms with Gasteiger partial charge in [-0.05, 0) is 157 Å². The Bertz CT molecular complexity index is 2130. The molecule has 0 N–H and O–H groups in total. The molecule has 3 rings (SSSR count). The molecule has 4 nitrogen and oxygen atoms in total. The van der Waals surface area contributed by atoms with Crippen LogP contribution in [0.1, 0.15) is 151 Å². The average molecular weight is 849 g/mol. The summed E-state index contributed by atoms with van der Waals surface area (Å²) in [6.07, 6.45) is 27.2. The molecule has 1 atom stereocenters. The van der Waals surface area contributed by atoms with Gasteiger partial charge < -0.3 is 9.47 Å². The fourth-order valence-electron chi connectivity index (χ4n) is 7.60. The Labute approximate surface area is 373 Å². The van der Waals surface area contributed by atoms with E-state index in [4.69, 9.17) is 9.47 Å². The molecule has 3 aromatic carbocycles. The molecule has 5 heteroatoms. The highest BCUT2D eigenvalue weighted by Gasteiger charge is 2.26. The van der Waals surface area contributed by atoms with Crippen LogP contribution in [0.5, 0.6) is 11.5 Å². The Morgan fingerprint density at radius 3 is 1.43 bits per heavy atom. The summed E-state index contributed by atoms with van der Waals surface area (Å²) in [5.41, 5.74) is 11.4. The summed E-state index contributed by atoms with van der Waals surface area (Å²) in [4.78, 5) is 0.376. The van der Waals surface area contributed by atoms with E-state index < -0.39 is 15.1 Å². The van der Waals surface area contributed by atoms with Crippen molar-refractivity contribution in [2.45, 2.75) is 163 Å². The molecule has 0 bridgehead atoms. The van der Waals surface area contributed by atoms with E-state index in [1.165, 1.54) is 27.9 Å². The van der Waals surface area contributed by atoms with Crippen molar-refractivity contribution in [2.75, 3.05) is 14.2 Å². The summed E-state index contributed by atoms with van der Waals surface area (Å²) in [7, 11) is -0.101. The van der Waals surface area contributed by atoms with Gasteiger partial charge in [0.05, 0.1) is 24.4 Å². The Morgan fingerprint density at radius 2 is 0.951 bits per heavy atom. The van der Waals surface area contributed by atoms with Gasteiger partial charge in [-0.1, -0.05) is 138 Å². The predicted molar refractivity (Wildman–Crippen MR) is 267 cm³/mol. The quantitative estimate of drug-likeness (QED) is 0.0843. The third kappa shape index (κ3) is 18.3. The Hall–Kier alpha value is -4.35. The van der Waals surface area contributed by atoms with E-state index in [1.807, 2.05) is 38.1 Å². The zero-order chi connectivity index (χ0) is 45.4. The predicted octanol–water partition coefficient (Wildman–Crippen LogP) is 16.5. The minimum absolute atomic E-state index is 0.376. The van der Waals surface area contributed by atoms with E-state index in [0.717, 1.165) is 115 Å². The average Bonchev–Trinajstić information content (AvgIpc) is 3.23. The molecule has 0 saturated heterocycles. The highest BCUT2D eigenvalue weighted by Crippen LogP contribution is 2.41. The molecule has 0 aromatic heterocycles. The second-order valence-corrected chi connectivity index (χ2v) is 18.9. The van der Waals surface area contributed by atoms with Crippen molar-refractivity contribution in [2.24, 2.45) is 0 Å². The lowest BCUT2D eigenvalue weighted by Gasteiger charge is -2.18. The van der Waals surface area contributed by atoms with Crippen LogP contribution in [-0.4, -0.2) is 27.9 Å². The van der Waals surface area contributed by atoms with Crippen molar-refractivity contribution in [3.63, 3.8) is 0 Å². The van der Waals surface area contributed by atoms with Crippen LogP contribution >= 0.6 is 0 Å². The van der Waals surface area contributed by atoms with Crippen molar-refractivity contribution >= 4 is 20.6 Å². The van der Waals surface area contributed by atoms with Crippen LogP contribution in [0, 0.1) is 6.92 Å². The van der Waals surface area contributed by atoms with Gasteiger partial charge in [-0.25, -0.2) is 8.42 Å². The summed E-state index contributed by atoms with van der Waals surface area (Å²) in [5.74, 6) is 1.79. The van der Waals surface area contributed by atoms with Gasteiger partial charge in [0.2, 0.25) is 0 Å². The lowest BCUT2D eigenvalue weighted by Crippen LogP contribution is -2.20. The molecular formula is C56H80O4S. The van der Waals surface area contributed by atoms with Crippen LogP contribution in [0.15, 0.2) is 141 Å². The molecule has 61 heavy (non-hydrogen) atoms. The fourth-order valence-corrected chi connectivity index (χ4v) is 9.38. The number of ether oxygens (including phenoxy) is 2. The van der Waals surface area contributed by atoms with E-state index in [-0.39, 0.29) is 0 Å². The minimum Gasteiger partial charge on any atom is -0.496 e. The highest BCUT2D eigenvalue weighted by atomic mass is 32.2. The van der Waals surface area contributed by atoms with Gasteiger partial charge in [0.15, 0.2) is 9.84 Å². The molecule has 0 aliphatic rings. The summed E-state index contributed by atoms with van der Waals surface area (Å²) >= 11 is 0. The molecule has 0 saturated carbocycles. The monoisotopic (exact) mass is 849 g/mol. The second-order valence-electron chi connectivity index (χ2n) is 16.8. The lowest BCUT2D eigenvalue weighted by atomic mass is 9.95. The van der Waals surface area contributed by atoms with E-state index in [0.29, 0.717) is 11.3 Å². The van der Waals surface area contributed by atoms with E-state index in [2.05, 4.69) is 111 Å². The van der Waals surface area contributed by atoms with Crippen LogP contribution in [0.3, 0.4) is 0 Å². The maximum atomic E-state index is 14.0. The first-order valence-corrected chi connectivity index (χ1v) is 24.2. The third-order valence-corrected chi connectivity index (χ3v) is 13.3. The zero-order valence-electron chi connectivity index (χ0n) is 40.3. The first-order chi connectivity index (χ1) is 29.2. The number of benzene rings is 3.